The summed E-state index contributed by atoms with van der Waals surface area (Å²) in [7, 11) is 0. The van der Waals surface area contributed by atoms with Crippen LogP contribution in [0.1, 0.15) is 18.4 Å². The smallest absolute Gasteiger partial charge is 0.183 e. The summed E-state index contributed by atoms with van der Waals surface area (Å²) < 4.78 is 35.1. The van der Waals surface area contributed by atoms with E-state index in [-0.39, 0.29) is 18.2 Å². The molecule has 0 spiro atoms. The fraction of sp³-hybridized carbons (Fsp3) is 0.238. The Balaban J connectivity index is 1.56. The first-order chi connectivity index (χ1) is 14.7. The predicted octanol–water partition coefficient (Wildman–Crippen LogP) is 3.92. The lowest BCUT2D eigenvalue weighted by Crippen LogP contribution is -2.21. The third-order valence-corrected chi connectivity index (χ3v) is 5.12. The van der Waals surface area contributed by atoms with E-state index >= 15 is 0 Å². The number of rotatable bonds is 5. The van der Waals surface area contributed by atoms with E-state index in [4.69, 9.17) is 4.52 Å². The van der Waals surface area contributed by atoms with Crippen LogP contribution in [0.25, 0.3) is 22.9 Å². The lowest BCUT2D eigenvalue weighted by atomic mass is 10.2. The fourth-order valence-corrected chi connectivity index (χ4v) is 3.62. The van der Waals surface area contributed by atoms with Gasteiger partial charge in [-0.2, -0.15) is 5.10 Å². The van der Waals surface area contributed by atoms with Crippen molar-refractivity contribution in [1.29, 1.82) is 0 Å². The normalized spacial score (nSPS) is 13.9. The molecule has 0 radical (unpaired) electrons. The van der Waals surface area contributed by atoms with E-state index < -0.39 is 5.82 Å². The molecule has 4 aromatic rings. The molecule has 1 fully saturated rings. The molecule has 1 saturated heterocycles. The SMILES string of the molecule is Fc1ccccc1Cn1nc(-c2ncc(F)c(N3CCCC3)n2)cc1-c1ccon1. The highest BCUT2D eigenvalue weighted by atomic mass is 19.1. The van der Waals surface area contributed by atoms with Crippen LogP contribution in [0.5, 0.6) is 0 Å². The van der Waals surface area contributed by atoms with Crippen LogP contribution in [0.2, 0.25) is 0 Å². The highest BCUT2D eigenvalue weighted by Crippen LogP contribution is 2.27. The van der Waals surface area contributed by atoms with Gasteiger partial charge in [0.15, 0.2) is 17.5 Å². The third kappa shape index (κ3) is 3.42. The van der Waals surface area contributed by atoms with Crippen molar-refractivity contribution in [2.45, 2.75) is 19.4 Å². The highest BCUT2D eigenvalue weighted by molar-refractivity contribution is 5.63. The zero-order valence-electron chi connectivity index (χ0n) is 16.0. The number of hydrogen-bond donors (Lipinski definition) is 0. The van der Waals surface area contributed by atoms with E-state index in [1.54, 1.807) is 35.0 Å². The maximum Gasteiger partial charge on any atom is 0.183 e. The molecule has 4 heterocycles. The molecule has 0 aliphatic carbocycles. The standard InChI is InChI=1S/C21H18F2N6O/c22-15-6-2-1-5-14(15)13-29-19(17-7-10-30-27-17)11-18(26-29)20-24-12-16(23)21(25-20)28-8-3-4-9-28/h1-2,5-7,10-12H,3-4,8-9,13H2. The highest BCUT2D eigenvalue weighted by Gasteiger charge is 2.21. The van der Waals surface area contributed by atoms with Gasteiger partial charge >= 0.3 is 0 Å². The van der Waals surface area contributed by atoms with Crippen molar-refractivity contribution in [1.82, 2.24) is 24.9 Å². The van der Waals surface area contributed by atoms with Crippen molar-refractivity contribution in [2.75, 3.05) is 18.0 Å². The van der Waals surface area contributed by atoms with Gasteiger partial charge in [0, 0.05) is 24.7 Å². The molecule has 7 nitrogen and oxygen atoms in total. The summed E-state index contributed by atoms with van der Waals surface area (Å²) >= 11 is 0. The molecule has 0 unspecified atom stereocenters. The molecule has 1 aromatic carbocycles. The lowest BCUT2D eigenvalue weighted by Gasteiger charge is -2.16. The van der Waals surface area contributed by atoms with Crippen LogP contribution in [0.4, 0.5) is 14.6 Å². The summed E-state index contributed by atoms with van der Waals surface area (Å²) in [6.07, 6.45) is 4.63. The minimum absolute atomic E-state index is 0.190. The maximum absolute atomic E-state index is 14.3. The lowest BCUT2D eigenvalue weighted by molar-refractivity contribution is 0.421. The second kappa shape index (κ2) is 7.66. The van der Waals surface area contributed by atoms with Crippen LogP contribution in [0, 0.1) is 11.6 Å². The molecule has 152 valence electrons. The van der Waals surface area contributed by atoms with Gasteiger partial charge in [0.1, 0.15) is 23.5 Å². The minimum atomic E-state index is -0.455. The Morgan fingerprint density at radius 1 is 1.00 bits per heavy atom. The average Bonchev–Trinajstić information content (AvgIpc) is 3.52. The monoisotopic (exact) mass is 408 g/mol. The van der Waals surface area contributed by atoms with Crippen LogP contribution in [0.15, 0.2) is 53.4 Å². The molecule has 30 heavy (non-hydrogen) atoms. The number of aromatic nitrogens is 5. The summed E-state index contributed by atoms with van der Waals surface area (Å²) in [5, 5.41) is 8.55. The first kappa shape index (κ1) is 18.4. The van der Waals surface area contributed by atoms with Crippen LogP contribution >= 0.6 is 0 Å². The Hall–Kier alpha value is -3.62. The number of halogens is 2. The summed E-state index contributed by atoms with van der Waals surface area (Å²) in [5.41, 5.74) is 2.10. The van der Waals surface area contributed by atoms with Gasteiger partial charge < -0.3 is 9.42 Å². The predicted molar refractivity (Wildman–Crippen MR) is 106 cm³/mol. The summed E-state index contributed by atoms with van der Waals surface area (Å²) in [6, 6.07) is 9.95. The van der Waals surface area contributed by atoms with E-state index in [1.165, 1.54) is 18.5 Å². The van der Waals surface area contributed by atoms with Gasteiger partial charge in [-0.3, -0.25) is 4.68 Å². The fourth-order valence-electron chi connectivity index (χ4n) is 3.62. The van der Waals surface area contributed by atoms with Crippen molar-refractivity contribution >= 4 is 5.82 Å². The van der Waals surface area contributed by atoms with Crippen molar-refractivity contribution in [3.05, 3.63) is 66.1 Å². The van der Waals surface area contributed by atoms with Crippen molar-refractivity contribution in [3.8, 4) is 22.9 Å². The Bertz CT molecular complexity index is 1170. The Labute approximate surface area is 171 Å². The molecule has 3 aromatic heterocycles. The molecule has 1 aliphatic heterocycles. The molecule has 0 saturated carbocycles. The van der Waals surface area contributed by atoms with Gasteiger partial charge in [-0.05, 0) is 25.0 Å². The molecular weight excluding hydrogens is 390 g/mol. The largest absolute Gasteiger partial charge is 0.364 e. The van der Waals surface area contributed by atoms with Crippen molar-refractivity contribution in [2.24, 2.45) is 0 Å². The molecule has 0 amide bonds. The zero-order chi connectivity index (χ0) is 20.5. The molecule has 9 heteroatoms. The number of nitrogens with zero attached hydrogens (tertiary/aromatic N) is 6. The van der Waals surface area contributed by atoms with E-state index in [1.807, 2.05) is 4.90 Å². The van der Waals surface area contributed by atoms with Gasteiger partial charge in [0.05, 0.1) is 18.4 Å². The van der Waals surface area contributed by atoms with Crippen LogP contribution in [0.3, 0.4) is 0 Å². The molecule has 0 bridgehead atoms. The second-order valence-electron chi connectivity index (χ2n) is 7.11. The summed E-state index contributed by atoms with van der Waals surface area (Å²) in [4.78, 5) is 10.5. The molecule has 1 aliphatic rings. The van der Waals surface area contributed by atoms with Crippen molar-refractivity contribution in [3.63, 3.8) is 0 Å². The topological polar surface area (TPSA) is 72.9 Å². The van der Waals surface area contributed by atoms with Crippen LogP contribution < -0.4 is 4.90 Å². The Morgan fingerprint density at radius 3 is 2.60 bits per heavy atom. The zero-order valence-corrected chi connectivity index (χ0v) is 16.0. The molecule has 5 rings (SSSR count). The van der Waals surface area contributed by atoms with E-state index in [0.717, 1.165) is 25.9 Å². The number of benzene rings is 1. The molecule has 0 atom stereocenters. The van der Waals surface area contributed by atoms with Gasteiger partial charge in [0.2, 0.25) is 0 Å². The second-order valence-corrected chi connectivity index (χ2v) is 7.11. The van der Waals surface area contributed by atoms with Gasteiger partial charge in [-0.1, -0.05) is 23.4 Å². The Kier molecular flexibility index (Phi) is 4.70. The Morgan fingerprint density at radius 2 is 1.83 bits per heavy atom. The van der Waals surface area contributed by atoms with E-state index in [9.17, 15) is 8.78 Å². The number of hydrogen-bond acceptors (Lipinski definition) is 6. The van der Waals surface area contributed by atoms with Crippen LogP contribution in [-0.4, -0.2) is 38.0 Å². The van der Waals surface area contributed by atoms with Gasteiger partial charge in [-0.25, -0.2) is 18.7 Å². The summed E-state index contributed by atoms with van der Waals surface area (Å²) in [5.74, 6) is -0.197. The van der Waals surface area contributed by atoms with Gasteiger partial charge in [-0.15, -0.1) is 0 Å². The summed E-state index contributed by atoms with van der Waals surface area (Å²) in [6.45, 7) is 1.72. The van der Waals surface area contributed by atoms with Crippen LogP contribution in [-0.2, 0) is 6.54 Å². The average molecular weight is 408 g/mol. The van der Waals surface area contributed by atoms with Crippen molar-refractivity contribution < 1.29 is 13.3 Å². The molecule has 0 N–H and O–H groups in total. The van der Waals surface area contributed by atoms with E-state index in [0.29, 0.717) is 28.5 Å². The first-order valence-corrected chi connectivity index (χ1v) is 9.69. The first-order valence-electron chi connectivity index (χ1n) is 9.69. The quantitative estimate of drug-likeness (QED) is 0.498. The van der Waals surface area contributed by atoms with E-state index in [2.05, 4.69) is 20.2 Å². The third-order valence-electron chi connectivity index (χ3n) is 5.12. The maximum atomic E-state index is 14.3. The minimum Gasteiger partial charge on any atom is -0.364 e. The molecular formula is C21H18F2N6O. The number of anilines is 1. The van der Waals surface area contributed by atoms with Gasteiger partial charge in [0.25, 0.3) is 0 Å².